The molecule has 258 valence electrons. The second-order valence-corrected chi connectivity index (χ2v) is 15.1. The number of anilines is 1. The van der Waals surface area contributed by atoms with E-state index in [4.69, 9.17) is 14.0 Å². The number of nitrogens with one attached hydrogen (secondary N) is 1. The smallest absolute Gasteiger partial charge is 0.267 e. The van der Waals surface area contributed by atoms with E-state index < -0.39 is 16.1 Å². The highest BCUT2D eigenvalue weighted by Gasteiger charge is 2.31. The zero-order valence-corrected chi connectivity index (χ0v) is 29.3. The maximum atomic E-state index is 14.4. The largest absolute Gasteiger partial charge is 0.490 e. The van der Waals surface area contributed by atoms with Gasteiger partial charge in [0.05, 0.1) is 30.4 Å². The summed E-state index contributed by atoms with van der Waals surface area (Å²) in [5, 5.41) is 14.0. The lowest BCUT2D eigenvalue weighted by Crippen LogP contribution is -2.47. The van der Waals surface area contributed by atoms with Gasteiger partial charge in [-0.15, -0.1) is 0 Å². The zero-order chi connectivity index (χ0) is 33.4. The first kappa shape index (κ1) is 36.2. The van der Waals surface area contributed by atoms with Crippen molar-refractivity contribution in [1.29, 1.82) is 0 Å². The summed E-state index contributed by atoms with van der Waals surface area (Å²) in [6, 6.07) is 4.25. The van der Waals surface area contributed by atoms with Gasteiger partial charge in [0.25, 0.3) is 15.9 Å². The highest BCUT2D eigenvalue weighted by atomic mass is 32.2. The lowest BCUT2D eigenvalue weighted by atomic mass is 9.89. The van der Waals surface area contributed by atoms with Crippen LogP contribution in [-0.4, -0.2) is 92.5 Å². The average Bonchev–Trinajstić information content (AvgIpc) is 3.37. The summed E-state index contributed by atoms with van der Waals surface area (Å²) in [5.74, 6) is 0.883. The number of hydrogen-bond acceptors (Lipinski definition) is 9. The molecule has 12 heteroatoms. The van der Waals surface area contributed by atoms with Crippen LogP contribution in [0.25, 0.3) is 0 Å². The van der Waals surface area contributed by atoms with Crippen LogP contribution >= 0.6 is 0 Å². The van der Waals surface area contributed by atoms with Crippen LogP contribution in [0.1, 0.15) is 93.9 Å². The van der Waals surface area contributed by atoms with Gasteiger partial charge in [-0.3, -0.25) is 9.52 Å². The Kier molecular flexibility index (Phi) is 12.9. The first-order chi connectivity index (χ1) is 21.9. The van der Waals surface area contributed by atoms with Crippen LogP contribution in [0.2, 0.25) is 0 Å². The Hall–Kier alpha value is -2.67. The van der Waals surface area contributed by atoms with E-state index in [-0.39, 0.29) is 58.2 Å². The van der Waals surface area contributed by atoms with Crippen LogP contribution in [0.4, 0.5) is 5.69 Å². The van der Waals surface area contributed by atoms with Gasteiger partial charge in [0.1, 0.15) is 11.4 Å². The fourth-order valence-corrected chi connectivity index (χ4v) is 8.09. The summed E-state index contributed by atoms with van der Waals surface area (Å²) in [4.78, 5) is 18.4. The third kappa shape index (κ3) is 9.45. The summed E-state index contributed by atoms with van der Waals surface area (Å²) >= 11 is 0. The fraction of sp³-hybridized carbons (Fsp3) is 0.706. The molecular weight excluding hydrogens is 608 g/mol. The molecule has 2 aliphatic rings. The van der Waals surface area contributed by atoms with E-state index in [0.717, 1.165) is 32.4 Å². The van der Waals surface area contributed by atoms with Crippen molar-refractivity contribution in [2.45, 2.75) is 109 Å². The minimum Gasteiger partial charge on any atom is -0.490 e. The van der Waals surface area contributed by atoms with Crippen LogP contribution in [-0.2, 0) is 14.8 Å². The number of rotatable bonds is 9. The number of likely N-dealkylation sites (N-methyl/N-ethyl adjacent to an activating group) is 1. The van der Waals surface area contributed by atoms with E-state index >= 15 is 0 Å². The van der Waals surface area contributed by atoms with Gasteiger partial charge in [-0.05, 0) is 91.0 Å². The topological polar surface area (TPSA) is 134 Å². The Morgan fingerprint density at radius 2 is 1.80 bits per heavy atom. The highest BCUT2D eigenvalue weighted by Crippen LogP contribution is 2.31. The number of sulfonamides is 1. The number of ether oxygens (including phenoxy) is 2. The maximum absolute atomic E-state index is 14.4. The van der Waals surface area contributed by atoms with Gasteiger partial charge in [-0.1, -0.05) is 31.3 Å². The molecule has 4 atom stereocenters. The van der Waals surface area contributed by atoms with Crippen molar-refractivity contribution in [3.05, 3.63) is 35.2 Å². The summed E-state index contributed by atoms with van der Waals surface area (Å²) in [7, 11) is -1.88. The van der Waals surface area contributed by atoms with Crippen molar-refractivity contribution in [2.24, 2.45) is 11.8 Å². The van der Waals surface area contributed by atoms with Gasteiger partial charge >= 0.3 is 0 Å². The molecule has 2 aromatic rings. The minimum atomic E-state index is -4.04. The Bertz CT molecular complexity index is 1370. The number of aliphatic hydroxyl groups excluding tert-OH is 1. The standard InChI is InChI=1S/C34H54N4O7S/c1-23-19-38(24(2)22-39)34(40)30-18-29(36-46(41,42)33-26(4)35-45-27(33)5)15-16-31(30)44-25(3)12-10-11-17-43-32(23)21-37(6)20-28-13-8-7-9-14-28/h15-16,18,23-25,28,32,36,39H,7-14,17,19-22H2,1-6H3/t23-,24-,25+,32-/m0/s1. The fourth-order valence-electron chi connectivity index (χ4n) is 6.71. The second-order valence-electron chi connectivity index (χ2n) is 13.5. The number of aromatic nitrogens is 1. The number of aryl methyl sites for hydroxylation is 2. The van der Waals surface area contributed by atoms with Crippen LogP contribution in [0.3, 0.4) is 0 Å². The summed E-state index contributed by atoms with van der Waals surface area (Å²) in [6.07, 6.45) is 8.79. The monoisotopic (exact) mass is 662 g/mol. The van der Waals surface area contributed by atoms with Gasteiger partial charge in [0.15, 0.2) is 10.7 Å². The molecule has 1 amide bonds. The maximum Gasteiger partial charge on any atom is 0.267 e. The molecule has 0 radical (unpaired) electrons. The first-order valence-corrected chi connectivity index (χ1v) is 18.4. The van der Waals surface area contributed by atoms with Gasteiger partial charge in [-0.2, -0.15) is 0 Å². The number of carbonyl (C=O) groups excluding carboxylic acids is 1. The van der Waals surface area contributed by atoms with Gasteiger partial charge in [0, 0.05) is 37.8 Å². The molecule has 1 aliphatic heterocycles. The van der Waals surface area contributed by atoms with E-state index in [1.54, 1.807) is 24.0 Å². The van der Waals surface area contributed by atoms with Crippen molar-refractivity contribution < 1.29 is 32.3 Å². The molecule has 1 aliphatic carbocycles. The minimum absolute atomic E-state index is 0.0285. The Balaban J connectivity index is 1.63. The summed E-state index contributed by atoms with van der Waals surface area (Å²) in [5.41, 5.74) is 0.677. The molecule has 1 fully saturated rings. The van der Waals surface area contributed by atoms with Gasteiger partial charge < -0.3 is 28.9 Å². The molecule has 1 aromatic heterocycles. The average molecular weight is 663 g/mol. The first-order valence-electron chi connectivity index (χ1n) is 16.9. The van der Waals surface area contributed by atoms with Gasteiger partial charge in [0.2, 0.25) is 0 Å². The molecule has 1 aromatic carbocycles. The quantitative estimate of drug-likeness (QED) is 0.362. The van der Waals surface area contributed by atoms with Gasteiger partial charge in [-0.25, -0.2) is 8.42 Å². The lowest BCUT2D eigenvalue weighted by molar-refractivity contribution is -0.0190. The summed E-state index contributed by atoms with van der Waals surface area (Å²) < 4.78 is 47.1. The number of hydrogen-bond donors (Lipinski definition) is 2. The van der Waals surface area contributed by atoms with E-state index in [9.17, 15) is 18.3 Å². The Labute approximate surface area is 275 Å². The number of nitrogens with zero attached hydrogens (tertiary/aromatic N) is 3. The number of amides is 1. The predicted octanol–water partition coefficient (Wildman–Crippen LogP) is 5.40. The number of benzene rings is 1. The normalized spacial score (nSPS) is 23.4. The van der Waals surface area contributed by atoms with Crippen molar-refractivity contribution >= 4 is 21.6 Å². The Morgan fingerprint density at radius 3 is 2.48 bits per heavy atom. The van der Waals surface area contributed by atoms with Crippen LogP contribution < -0.4 is 9.46 Å². The van der Waals surface area contributed by atoms with Crippen LogP contribution in [0, 0.1) is 25.7 Å². The highest BCUT2D eigenvalue weighted by molar-refractivity contribution is 7.92. The molecule has 0 saturated heterocycles. The molecule has 0 bridgehead atoms. The van der Waals surface area contributed by atoms with Crippen molar-refractivity contribution in [1.82, 2.24) is 15.0 Å². The van der Waals surface area contributed by atoms with Crippen molar-refractivity contribution in [2.75, 3.05) is 44.6 Å². The van der Waals surface area contributed by atoms with E-state index in [1.165, 1.54) is 45.1 Å². The van der Waals surface area contributed by atoms with Crippen LogP contribution in [0.15, 0.2) is 27.6 Å². The predicted molar refractivity (Wildman–Crippen MR) is 178 cm³/mol. The van der Waals surface area contributed by atoms with Crippen molar-refractivity contribution in [3.63, 3.8) is 0 Å². The lowest BCUT2D eigenvalue weighted by Gasteiger charge is -2.36. The van der Waals surface area contributed by atoms with Crippen LogP contribution in [0.5, 0.6) is 5.75 Å². The molecule has 1 saturated carbocycles. The molecular formula is C34H54N4O7S. The zero-order valence-electron chi connectivity index (χ0n) is 28.5. The molecule has 11 nitrogen and oxygen atoms in total. The number of carbonyl (C=O) groups is 1. The molecule has 0 unspecified atom stereocenters. The third-order valence-electron chi connectivity index (χ3n) is 9.33. The van der Waals surface area contributed by atoms with E-state index in [0.29, 0.717) is 24.8 Å². The molecule has 0 spiro atoms. The molecule has 2 heterocycles. The Morgan fingerprint density at radius 1 is 1.09 bits per heavy atom. The SMILES string of the molecule is Cc1noc(C)c1S(=O)(=O)Nc1ccc2c(c1)C(=O)N([C@@H](C)CO)C[C@H](C)[C@H](CN(C)CC1CCCCC1)OCCCC[C@@H](C)O2. The number of fused-ring (bicyclic) bond motifs is 1. The van der Waals surface area contributed by atoms with E-state index in [1.807, 2.05) is 13.8 Å². The molecule has 46 heavy (non-hydrogen) atoms. The molecule has 4 rings (SSSR count). The van der Waals surface area contributed by atoms with Crippen molar-refractivity contribution in [3.8, 4) is 5.75 Å². The summed E-state index contributed by atoms with van der Waals surface area (Å²) in [6.45, 7) is 11.5. The van der Waals surface area contributed by atoms with E-state index in [2.05, 4.69) is 28.8 Å². The second kappa shape index (κ2) is 16.4. The molecule has 2 N–H and O–H groups in total. The third-order valence-corrected chi connectivity index (χ3v) is 11.0. The number of aliphatic hydroxyl groups is 1.